The molecule has 1 aromatic carbocycles. The zero-order chi connectivity index (χ0) is 13.9. The summed E-state index contributed by atoms with van der Waals surface area (Å²) in [6.45, 7) is 0.419. The Hall–Kier alpha value is -2.41. The van der Waals surface area contributed by atoms with Gasteiger partial charge in [-0.3, -0.25) is 5.10 Å². The molecule has 0 aliphatic rings. The summed E-state index contributed by atoms with van der Waals surface area (Å²) in [5.74, 6) is 0.862. The highest BCUT2D eigenvalue weighted by atomic mass is 32.1. The van der Waals surface area contributed by atoms with Crippen LogP contribution in [0.25, 0.3) is 11.3 Å². The summed E-state index contributed by atoms with van der Waals surface area (Å²) in [7, 11) is 0. The van der Waals surface area contributed by atoms with E-state index in [2.05, 4.69) is 15.6 Å². The largest absolute Gasteiger partial charge is 0.459 e. The number of furan rings is 1. The molecule has 0 fully saturated rings. The molecule has 0 spiro atoms. The van der Waals surface area contributed by atoms with Crippen molar-refractivity contribution in [2.45, 2.75) is 6.54 Å². The summed E-state index contributed by atoms with van der Waals surface area (Å²) >= 11 is 5.00. The summed E-state index contributed by atoms with van der Waals surface area (Å²) in [5.41, 5.74) is 3.46. The van der Waals surface area contributed by atoms with Crippen molar-refractivity contribution in [3.05, 3.63) is 59.1 Å². The third-order valence-corrected chi connectivity index (χ3v) is 3.06. The lowest BCUT2D eigenvalue weighted by molar-refractivity contribution is 0.517. The van der Waals surface area contributed by atoms with Crippen LogP contribution in [0.1, 0.15) is 5.76 Å². The van der Waals surface area contributed by atoms with E-state index in [9.17, 15) is 4.39 Å². The lowest BCUT2D eigenvalue weighted by Gasteiger charge is -2.03. The fourth-order valence-corrected chi connectivity index (χ4v) is 1.97. The molecule has 3 rings (SSSR count). The van der Waals surface area contributed by atoms with E-state index in [1.165, 1.54) is 12.4 Å². The molecule has 2 aromatic heterocycles. The van der Waals surface area contributed by atoms with Gasteiger partial charge in [0.1, 0.15) is 23.7 Å². The van der Waals surface area contributed by atoms with Crippen LogP contribution in [-0.2, 0) is 6.54 Å². The standard InChI is InChI=1S/C13H11FN4OS/c14-11-4-2-1-3-10(11)12-6-5-9(19-12)7-16-18-8-15-17-13(18)20/h1-6,8,16H,7H2,(H,17,20). The molecule has 2 N–H and O–H groups in total. The molecule has 0 atom stereocenters. The van der Waals surface area contributed by atoms with E-state index in [0.717, 1.165) is 0 Å². The van der Waals surface area contributed by atoms with Gasteiger partial charge in [-0.15, -0.1) is 0 Å². The minimum absolute atomic E-state index is 0.307. The Balaban J connectivity index is 1.76. The van der Waals surface area contributed by atoms with Crippen molar-refractivity contribution >= 4 is 12.2 Å². The smallest absolute Gasteiger partial charge is 0.214 e. The maximum atomic E-state index is 13.6. The maximum absolute atomic E-state index is 13.6. The minimum atomic E-state index is -0.307. The van der Waals surface area contributed by atoms with Crippen LogP contribution in [0.3, 0.4) is 0 Å². The second kappa shape index (κ2) is 5.30. The number of aromatic amines is 1. The van der Waals surface area contributed by atoms with E-state index in [1.807, 2.05) is 0 Å². The van der Waals surface area contributed by atoms with Crippen LogP contribution < -0.4 is 5.43 Å². The first-order valence-corrected chi connectivity index (χ1v) is 6.34. The van der Waals surface area contributed by atoms with Gasteiger partial charge in [-0.2, -0.15) is 5.10 Å². The molecule has 3 aromatic rings. The number of benzene rings is 1. The lowest BCUT2D eigenvalue weighted by Crippen LogP contribution is -2.12. The van der Waals surface area contributed by atoms with Gasteiger partial charge in [0, 0.05) is 0 Å². The number of rotatable bonds is 4. The predicted molar refractivity (Wildman–Crippen MR) is 74.6 cm³/mol. The number of halogens is 1. The number of aromatic nitrogens is 3. The van der Waals surface area contributed by atoms with E-state index in [1.54, 1.807) is 35.0 Å². The molecule has 102 valence electrons. The average molecular weight is 290 g/mol. The lowest BCUT2D eigenvalue weighted by atomic mass is 10.1. The number of hydrogen-bond acceptors (Lipinski definition) is 4. The first kappa shape index (κ1) is 12.6. The van der Waals surface area contributed by atoms with Crippen LogP contribution in [0.2, 0.25) is 0 Å². The highest BCUT2D eigenvalue weighted by Crippen LogP contribution is 2.24. The highest BCUT2D eigenvalue weighted by Gasteiger charge is 2.09. The second-order valence-electron chi connectivity index (χ2n) is 4.11. The second-order valence-corrected chi connectivity index (χ2v) is 4.50. The fraction of sp³-hybridized carbons (Fsp3) is 0.0769. The van der Waals surface area contributed by atoms with Gasteiger partial charge >= 0.3 is 0 Å². The van der Waals surface area contributed by atoms with Crippen molar-refractivity contribution < 1.29 is 8.81 Å². The van der Waals surface area contributed by atoms with Crippen LogP contribution in [0.5, 0.6) is 0 Å². The number of nitrogens with one attached hydrogen (secondary N) is 2. The van der Waals surface area contributed by atoms with Crippen LogP contribution in [0.15, 0.2) is 47.1 Å². The van der Waals surface area contributed by atoms with E-state index >= 15 is 0 Å². The van der Waals surface area contributed by atoms with Gasteiger partial charge in [0.15, 0.2) is 0 Å². The predicted octanol–water partition coefficient (Wildman–Crippen LogP) is 3.08. The van der Waals surface area contributed by atoms with E-state index in [-0.39, 0.29) is 5.82 Å². The molecule has 5 nitrogen and oxygen atoms in total. The van der Waals surface area contributed by atoms with Crippen LogP contribution >= 0.6 is 12.2 Å². The molecule has 0 saturated heterocycles. The SMILES string of the molecule is Fc1ccccc1-c1ccc(CNn2cn[nH]c2=S)o1. The maximum Gasteiger partial charge on any atom is 0.214 e. The molecule has 0 saturated carbocycles. The highest BCUT2D eigenvalue weighted by molar-refractivity contribution is 7.71. The molecule has 20 heavy (non-hydrogen) atoms. The van der Waals surface area contributed by atoms with Crippen molar-refractivity contribution in [2.75, 3.05) is 5.43 Å². The van der Waals surface area contributed by atoms with Crippen molar-refractivity contribution in [3.8, 4) is 11.3 Å². The number of H-pyrrole nitrogens is 1. The Morgan fingerprint density at radius 2 is 2.15 bits per heavy atom. The van der Waals surface area contributed by atoms with Gasteiger partial charge in [0.2, 0.25) is 4.77 Å². The summed E-state index contributed by atoms with van der Waals surface area (Å²) in [6.07, 6.45) is 1.53. The molecule has 0 amide bonds. The first-order valence-electron chi connectivity index (χ1n) is 5.93. The Labute approximate surface area is 119 Å². The van der Waals surface area contributed by atoms with Gasteiger partial charge in [-0.25, -0.2) is 9.07 Å². The minimum Gasteiger partial charge on any atom is -0.459 e. The molecule has 7 heteroatoms. The average Bonchev–Trinajstić information content (AvgIpc) is 3.06. The monoisotopic (exact) mass is 290 g/mol. The Kier molecular flexibility index (Phi) is 3.34. The van der Waals surface area contributed by atoms with Crippen molar-refractivity contribution in [2.24, 2.45) is 0 Å². The molecular weight excluding hydrogens is 279 g/mol. The Morgan fingerprint density at radius 1 is 1.30 bits per heavy atom. The fourth-order valence-electron chi connectivity index (χ4n) is 1.80. The van der Waals surface area contributed by atoms with E-state index in [4.69, 9.17) is 16.6 Å². The van der Waals surface area contributed by atoms with Crippen LogP contribution in [-0.4, -0.2) is 14.9 Å². The first-order chi connectivity index (χ1) is 9.74. The normalized spacial score (nSPS) is 10.7. The van der Waals surface area contributed by atoms with Crippen molar-refractivity contribution in [1.82, 2.24) is 14.9 Å². The summed E-state index contributed by atoms with van der Waals surface area (Å²) < 4.78 is 21.3. The van der Waals surface area contributed by atoms with Crippen LogP contribution in [0, 0.1) is 10.6 Å². The molecule has 0 bridgehead atoms. The van der Waals surface area contributed by atoms with Crippen molar-refractivity contribution in [1.29, 1.82) is 0 Å². The molecular formula is C13H11FN4OS. The Morgan fingerprint density at radius 3 is 2.90 bits per heavy atom. The molecule has 0 radical (unpaired) electrons. The zero-order valence-electron chi connectivity index (χ0n) is 10.3. The summed E-state index contributed by atoms with van der Waals surface area (Å²) in [5, 5.41) is 6.42. The Bertz CT molecular complexity index is 776. The van der Waals surface area contributed by atoms with Gasteiger partial charge in [0.25, 0.3) is 0 Å². The van der Waals surface area contributed by atoms with Crippen LogP contribution in [0.4, 0.5) is 4.39 Å². The number of nitrogens with zero attached hydrogens (tertiary/aromatic N) is 2. The quantitative estimate of drug-likeness (QED) is 0.725. The number of hydrogen-bond donors (Lipinski definition) is 2. The van der Waals surface area contributed by atoms with Gasteiger partial charge in [-0.1, -0.05) is 12.1 Å². The third kappa shape index (κ3) is 2.48. The topological polar surface area (TPSA) is 58.8 Å². The van der Waals surface area contributed by atoms with Crippen molar-refractivity contribution in [3.63, 3.8) is 0 Å². The van der Waals surface area contributed by atoms with Gasteiger partial charge in [-0.05, 0) is 36.5 Å². The van der Waals surface area contributed by atoms with E-state index in [0.29, 0.717) is 28.4 Å². The summed E-state index contributed by atoms with van der Waals surface area (Å²) in [4.78, 5) is 0. The summed E-state index contributed by atoms with van der Waals surface area (Å²) in [6, 6.07) is 10.0. The zero-order valence-corrected chi connectivity index (χ0v) is 11.2. The van der Waals surface area contributed by atoms with Gasteiger partial charge in [0.05, 0.1) is 12.1 Å². The molecule has 0 aliphatic heterocycles. The molecule has 0 unspecified atom stereocenters. The van der Waals surface area contributed by atoms with Gasteiger partial charge < -0.3 is 9.84 Å². The third-order valence-electron chi connectivity index (χ3n) is 2.78. The molecule has 2 heterocycles. The molecule has 0 aliphatic carbocycles. The van der Waals surface area contributed by atoms with E-state index < -0.39 is 0 Å².